The van der Waals surface area contributed by atoms with Gasteiger partial charge >= 0.3 is 53.1 Å². The molecule has 0 N–H and O–H groups in total. The van der Waals surface area contributed by atoms with Gasteiger partial charge < -0.3 is 9.97 Å². The topological polar surface area (TPSA) is 54.0 Å². The van der Waals surface area contributed by atoms with Gasteiger partial charge in [0.2, 0.25) is 0 Å². The molecule has 0 radical (unpaired) electrons. The summed E-state index contributed by atoms with van der Waals surface area (Å²) in [5, 5.41) is 0. The van der Waals surface area contributed by atoms with Crippen molar-refractivity contribution in [2.24, 2.45) is 0 Å². The van der Waals surface area contributed by atoms with Crippen molar-refractivity contribution in [3.05, 3.63) is 168 Å². The molecule has 8 bridgehead atoms. The quantitative estimate of drug-likeness (QED) is 0.130. The van der Waals surface area contributed by atoms with Gasteiger partial charge in [-0.15, -0.1) is 22.1 Å². The van der Waals surface area contributed by atoms with Crippen molar-refractivity contribution in [1.82, 2.24) is 19.9 Å². The van der Waals surface area contributed by atoms with Gasteiger partial charge in [-0.25, -0.2) is 9.97 Å². The van der Waals surface area contributed by atoms with Crippen LogP contribution < -0.4 is 9.97 Å². The monoisotopic (exact) mass is 906 g/mol. The van der Waals surface area contributed by atoms with E-state index < -0.39 is 19.5 Å². The normalized spacial score (nSPS) is 13.2. The van der Waals surface area contributed by atoms with E-state index >= 15 is 0 Å². The zero-order chi connectivity index (χ0) is 38.3. The van der Waals surface area contributed by atoms with Crippen LogP contribution in [0.2, 0.25) is 0 Å². The second-order valence-corrected chi connectivity index (χ2v) is 18.3. The number of aromatic nitrogens is 4. The van der Waals surface area contributed by atoms with E-state index in [2.05, 4.69) is 146 Å². The van der Waals surface area contributed by atoms with Gasteiger partial charge in [0.25, 0.3) is 0 Å². The number of hydrogen-bond acceptors (Lipinski definition) is 2. The summed E-state index contributed by atoms with van der Waals surface area (Å²) in [5.41, 5.74) is 15.0. The molecule has 9 rings (SSSR count). The van der Waals surface area contributed by atoms with Crippen molar-refractivity contribution in [1.29, 1.82) is 0 Å². The predicted octanol–water partition coefficient (Wildman–Crippen LogP) is 12.7. The molecule has 7 aromatic rings. The van der Waals surface area contributed by atoms with Crippen LogP contribution in [0.15, 0.2) is 146 Å². The van der Waals surface area contributed by atoms with E-state index in [-0.39, 0.29) is 16.8 Å². The molecule has 5 heterocycles. The first-order valence-electron chi connectivity index (χ1n) is 17.1. The number of halogens is 6. The van der Waals surface area contributed by atoms with E-state index in [1.54, 1.807) is 0 Å². The second kappa shape index (κ2) is 14.5. The molecule has 0 saturated heterocycles. The molecule has 0 atom stereocenters. The molecular weight excluding hydrogens is 879 g/mol. The molecule has 2 aliphatic heterocycles. The third-order valence-electron chi connectivity index (χ3n) is 8.86. The molecule has 0 amide bonds. The van der Waals surface area contributed by atoms with Gasteiger partial charge in [0.1, 0.15) is 0 Å². The molecule has 12 heteroatoms. The van der Waals surface area contributed by atoms with E-state index in [0.717, 1.165) is 89.4 Å². The average molecular weight is 907 g/mol. The Kier molecular flexibility index (Phi) is 9.99. The molecular formula is C44H28CoF6N4Sb. The van der Waals surface area contributed by atoms with Gasteiger partial charge in [0.05, 0.1) is 22.8 Å². The predicted molar refractivity (Wildman–Crippen MR) is 211 cm³/mol. The van der Waals surface area contributed by atoms with E-state index in [0.29, 0.717) is 0 Å². The summed E-state index contributed by atoms with van der Waals surface area (Å²) >= 11 is -11.2. The fraction of sp³-hybridized carbons (Fsp3) is 0. The minimum absolute atomic E-state index is 0. The summed E-state index contributed by atoms with van der Waals surface area (Å²) in [4.78, 5) is 21.2. The minimum atomic E-state index is -11.2. The Morgan fingerprint density at radius 2 is 0.518 bits per heavy atom. The van der Waals surface area contributed by atoms with Crippen LogP contribution in [0.25, 0.3) is 90.9 Å². The summed E-state index contributed by atoms with van der Waals surface area (Å²) in [7, 11) is 0. The van der Waals surface area contributed by atoms with E-state index in [4.69, 9.17) is 19.9 Å². The van der Waals surface area contributed by atoms with Gasteiger partial charge in [0.15, 0.2) is 0 Å². The fourth-order valence-corrected chi connectivity index (χ4v) is 6.69. The van der Waals surface area contributed by atoms with E-state index in [1.807, 2.05) is 24.3 Å². The summed E-state index contributed by atoms with van der Waals surface area (Å²) in [6, 6.07) is 50.0. The van der Waals surface area contributed by atoms with Crippen LogP contribution in [0.3, 0.4) is 0 Å². The number of fused-ring (bicyclic) bond motifs is 8. The zero-order valence-corrected chi connectivity index (χ0v) is 32.6. The molecule has 4 aromatic carbocycles. The Bertz CT molecular complexity index is 2430. The molecule has 3 aromatic heterocycles. The Morgan fingerprint density at radius 3 is 0.714 bits per heavy atom. The van der Waals surface area contributed by atoms with Crippen molar-refractivity contribution in [2.75, 3.05) is 0 Å². The Hall–Kier alpha value is -5.62. The van der Waals surface area contributed by atoms with Gasteiger partial charge in [-0.1, -0.05) is 146 Å². The van der Waals surface area contributed by atoms with Crippen LogP contribution in [0.4, 0.5) is 16.9 Å². The first-order valence-corrected chi connectivity index (χ1v) is 22.9. The summed E-state index contributed by atoms with van der Waals surface area (Å²) in [6.07, 6.45) is 8.41. The molecule has 2 aliphatic rings. The van der Waals surface area contributed by atoms with E-state index in [1.165, 1.54) is 0 Å². The van der Waals surface area contributed by atoms with Crippen LogP contribution in [0, 0.1) is 0 Å². The maximum absolute atomic E-state index is 11.2. The van der Waals surface area contributed by atoms with Crippen LogP contribution in [-0.2, 0) is 16.8 Å². The molecule has 0 unspecified atom stereocenters. The van der Waals surface area contributed by atoms with Crippen LogP contribution >= 0.6 is 0 Å². The standard InChI is InChI=1S/C44H28N4.Co.6FH.Sb/c1-5-13-29(14-6-1)41-33-21-23-35(45-33)42(30-15-7-2-8-16-30)37-25-27-39(47-37)44(32-19-11-4-12-20-32)40-28-26-38(48-40)43(31-17-9-3-10-18-31)36-24-22-34(41)46-36;;;;;;;;/h1-28H;;6*1H;/q-2;+3;;;;;;;+5/p-6. The summed E-state index contributed by atoms with van der Waals surface area (Å²) in [6.45, 7) is 0. The molecule has 280 valence electrons. The number of benzene rings is 4. The molecule has 0 fully saturated rings. The van der Waals surface area contributed by atoms with Crippen LogP contribution in [0.1, 0.15) is 22.8 Å². The summed E-state index contributed by atoms with van der Waals surface area (Å²) < 4.78 is 59.6. The third kappa shape index (κ3) is 8.92. The maximum atomic E-state index is 9.93. The third-order valence-corrected chi connectivity index (χ3v) is 8.86. The van der Waals surface area contributed by atoms with Crippen LogP contribution in [-0.4, -0.2) is 29.4 Å². The van der Waals surface area contributed by atoms with Crippen molar-refractivity contribution < 1.29 is 33.7 Å². The van der Waals surface area contributed by atoms with Crippen molar-refractivity contribution in [3.63, 3.8) is 0 Å². The van der Waals surface area contributed by atoms with Gasteiger partial charge in [-0.3, -0.25) is 0 Å². The Balaban J connectivity index is 0.000000552. The van der Waals surface area contributed by atoms with Gasteiger partial charge in [0, 0.05) is 0 Å². The van der Waals surface area contributed by atoms with Crippen molar-refractivity contribution in [2.45, 2.75) is 0 Å². The molecule has 0 aliphatic carbocycles. The summed E-state index contributed by atoms with van der Waals surface area (Å²) in [5.74, 6) is 0. The molecule has 0 saturated carbocycles. The van der Waals surface area contributed by atoms with Crippen LogP contribution in [0.5, 0.6) is 0 Å². The van der Waals surface area contributed by atoms with Crippen molar-refractivity contribution >= 4 is 65.8 Å². The Labute approximate surface area is 330 Å². The second-order valence-electron chi connectivity index (χ2n) is 12.8. The Morgan fingerprint density at radius 1 is 0.321 bits per heavy atom. The van der Waals surface area contributed by atoms with Gasteiger partial charge in [-0.2, -0.15) is 0 Å². The number of nitrogens with zero attached hydrogens (tertiary/aromatic N) is 4. The SMILES string of the molecule is C1=Cc2nc1c(-c1ccccc1)c1ccc([n-]1)c(-c1ccccc1)c1nc(c(-c3ccccc3)c3ccc([n-]3)c2-c2ccccc2)C=C1.[Co+3].[F][Sb-]([F])([F])([F])([F])[F]. The molecule has 0 spiro atoms. The zero-order valence-electron chi connectivity index (χ0n) is 29.0. The molecule has 56 heavy (non-hydrogen) atoms. The molecule has 4 nitrogen and oxygen atoms in total. The van der Waals surface area contributed by atoms with E-state index in [9.17, 15) is 16.9 Å². The van der Waals surface area contributed by atoms with Crippen molar-refractivity contribution in [3.8, 4) is 44.5 Å². The number of rotatable bonds is 4. The first-order chi connectivity index (χ1) is 26.2. The number of hydrogen-bond donors (Lipinski definition) is 0. The average Bonchev–Trinajstić information content (AvgIpc) is 4.00. The van der Waals surface area contributed by atoms with Gasteiger partial charge in [-0.05, 0) is 68.8 Å². The fourth-order valence-electron chi connectivity index (χ4n) is 6.69. The first kappa shape index (κ1) is 38.7.